The van der Waals surface area contributed by atoms with Gasteiger partial charge in [-0.25, -0.2) is 10.8 Å². The quantitative estimate of drug-likeness (QED) is 0.583. The molecule has 1 aromatic heterocycles. The molecule has 3 atom stereocenters. The number of nitrogens with zero attached hydrogens (tertiary/aromatic N) is 1. The Morgan fingerprint density at radius 3 is 2.90 bits per heavy atom. The SMILES string of the molecule is CC1CCCC(NC(=O)c2cc(Br)cnc2NN)C1C. The average Bonchev–Trinajstić information content (AvgIpc) is 2.43. The van der Waals surface area contributed by atoms with Crippen molar-refractivity contribution in [3.63, 3.8) is 0 Å². The van der Waals surface area contributed by atoms with E-state index in [4.69, 9.17) is 5.84 Å². The van der Waals surface area contributed by atoms with Gasteiger partial charge in [0, 0.05) is 16.7 Å². The lowest BCUT2D eigenvalue weighted by atomic mass is 9.78. The van der Waals surface area contributed by atoms with E-state index >= 15 is 0 Å². The Balaban J connectivity index is 2.13. The van der Waals surface area contributed by atoms with Crippen molar-refractivity contribution in [1.29, 1.82) is 0 Å². The molecule has 0 aromatic carbocycles. The minimum absolute atomic E-state index is 0.127. The summed E-state index contributed by atoms with van der Waals surface area (Å²) in [6, 6.07) is 1.95. The van der Waals surface area contributed by atoms with E-state index in [1.807, 2.05) is 0 Å². The number of nitrogens with one attached hydrogen (secondary N) is 2. The van der Waals surface area contributed by atoms with Crippen LogP contribution in [0.4, 0.5) is 5.82 Å². The molecule has 1 aliphatic rings. The fourth-order valence-electron chi connectivity index (χ4n) is 2.76. The Morgan fingerprint density at radius 1 is 1.45 bits per heavy atom. The van der Waals surface area contributed by atoms with Gasteiger partial charge >= 0.3 is 0 Å². The highest BCUT2D eigenvalue weighted by atomic mass is 79.9. The number of nitrogen functional groups attached to an aromatic ring is 1. The van der Waals surface area contributed by atoms with Gasteiger partial charge in [-0.05, 0) is 40.3 Å². The van der Waals surface area contributed by atoms with Crippen LogP contribution in [0.1, 0.15) is 43.5 Å². The van der Waals surface area contributed by atoms with Crippen molar-refractivity contribution in [2.75, 3.05) is 5.43 Å². The number of carbonyl (C=O) groups is 1. The highest BCUT2D eigenvalue weighted by Crippen LogP contribution is 2.30. The standard InChI is InChI=1S/C14H21BrN4O/c1-8-4-3-5-12(9(8)2)18-14(20)11-6-10(15)7-17-13(11)19-16/h6-9,12H,3-5,16H2,1-2H3,(H,17,19)(H,18,20). The van der Waals surface area contributed by atoms with Gasteiger partial charge in [0.15, 0.2) is 5.82 Å². The number of nitrogens with two attached hydrogens (primary N) is 1. The van der Waals surface area contributed by atoms with Crippen LogP contribution < -0.4 is 16.6 Å². The van der Waals surface area contributed by atoms with Gasteiger partial charge in [-0.3, -0.25) is 4.79 Å². The van der Waals surface area contributed by atoms with Gasteiger partial charge in [-0.1, -0.05) is 26.7 Å². The molecule has 0 radical (unpaired) electrons. The van der Waals surface area contributed by atoms with Crippen LogP contribution in [-0.2, 0) is 0 Å². The summed E-state index contributed by atoms with van der Waals surface area (Å²) in [6.07, 6.45) is 5.04. The Kier molecular flexibility index (Phi) is 4.99. The fourth-order valence-corrected chi connectivity index (χ4v) is 3.09. The van der Waals surface area contributed by atoms with Crippen LogP contribution in [0.15, 0.2) is 16.7 Å². The van der Waals surface area contributed by atoms with Gasteiger partial charge in [-0.15, -0.1) is 0 Å². The van der Waals surface area contributed by atoms with E-state index in [0.29, 0.717) is 23.2 Å². The van der Waals surface area contributed by atoms with Crippen molar-refractivity contribution in [1.82, 2.24) is 10.3 Å². The Labute approximate surface area is 127 Å². The van der Waals surface area contributed by atoms with Crippen molar-refractivity contribution >= 4 is 27.7 Å². The lowest BCUT2D eigenvalue weighted by Crippen LogP contribution is -2.44. The molecular weight excluding hydrogens is 320 g/mol. The van der Waals surface area contributed by atoms with Crippen LogP contribution in [-0.4, -0.2) is 16.9 Å². The average molecular weight is 341 g/mol. The monoisotopic (exact) mass is 340 g/mol. The third-order valence-corrected chi connectivity index (χ3v) is 4.69. The van der Waals surface area contributed by atoms with E-state index in [1.165, 1.54) is 6.42 Å². The summed E-state index contributed by atoms with van der Waals surface area (Å²) in [4.78, 5) is 16.5. The first-order valence-corrected chi connectivity index (χ1v) is 7.75. The Morgan fingerprint density at radius 2 is 2.20 bits per heavy atom. The predicted octanol–water partition coefficient (Wildman–Crippen LogP) is 2.68. The first-order valence-electron chi connectivity index (χ1n) is 6.96. The van der Waals surface area contributed by atoms with Gasteiger partial charge in [-0.2, -0.15) is 0 Å². The summed E-state index contributed by atoms with van der Waals surface area (Å²) in [7, 11) is 0. The smallest absolute Gasteiger partial charge is 0.255 e. The highest BCUT2D eigenvalue weighted by Gasteiger charge is 2.29. The number of hydrazine groups is 1. The molecule has 1 saturated carbocycles. The summed E-state index contributed by atoms with van der Waals surface area (Å²) >= 11 is 3.33. The summed E-state index contributed by atoms with van der Waals surface area (Å²) < 4.78 is 0.756. The normalized spacial score (nSPS) is 26.1. The lowest BCUT2D eigenvalue weighted by Gasteiger charge is -2.34. The van der Waals surface area contributed by atoms with Crippen LogP contribution in [0.5, 0.6) is 0 Å². The minimum atomic E-state index is -0.127. The largest absolute Gasteiger partial charge is 0.349 e. The lowest BCUT2D eigenvalue weighted by molar-refractivity contribution is 0.0891. The predicted molar refractivity (Wildman–Crippen MR) is 83.2 cm³/mol. The van der Waals surface area contributed by atoms with E-state index in [9.17, 15) is 4.79 Å². The van der Waals surface area contributed by atoms with Crippen molar-refractivity contribution < 1.29 is 4.79 Å². The first-order chi connectivity index (χ1) is 9.52. The number of hydrogen-bond acceptors (Lipinski definition) is 4. The number of anilines is 1. The zero-order valence-electron chi connectivity index (χ0n) is 11.8. The summed E-state index contributed by atoms with van der Waals surface area (Å²) in [5.74, 6) is 6.81. The van der Waals surface area contributed by atoms with E-state index < -0.39 is 0 Å². The van der Waals surface area contributed by atoms with E-state index in [1.54, 1.807) is 12.3 Å². The summed E-state index contributed by atoms with van der Waals surface area (Å²) in [5, 5.41) is 3.12. The van der Waals surface area contributed by atoms with Crippen LogP contribution in [0.25, 0.3) is 0 Å². The number of aromatic nitrogens is 1. The van der Waals surface area contributed by atoms with Crippen molar-refractivity contribution in [2.45, 2.75) is 39.2 Å². The first kappa shape index (κ1) is 15.3. The van der Waals surface area contributed by atoms with Crippen LogP contribution in [0.3, 0.4) is 0 Å². The highest BCUT2D eigenvalue weighted by molar-refractivity contribution is 9.10. The molecular formula is C14H21BrN4O. The zero-order chi connectivity index (χ0) is 14.7. The molecule has 0 bridgehead atoms. The number of rotatable bonds is 3. The van der Waals surface area contributed by atoms with Gasteiger partial charge in [0.25, 0.3) is 5.91 Å². The second-order valence-electron chi connectivity index (χ2n) is 5.54. The van der Waals surface area contributed by atoms with Crippen LogP contribution in [0.2, 0.25) is 0 Å². The van der Waals surface area contributed by atoms with E-state index in [-0.39, 0.29) is 11.9 Å². The molecule has 110 valence electrons. The van der Waals surface area contributed by atoms with Crippen LogP contribution >= 0.6 is 15.9 Å². The second-order valence-corrected chi connectivity index (χ2v) is 6.46. The summed E-state index contributed by atoms with van der Waals surface area (Å²) in [6.45, 7) is 4.45. The van der Waals surface area contributed by atoms with Crippen molar-refractivity contribution in [2.24, 2.45) is 17.7 Å². The second kappa shape index (κ2) is 6.54. The molecule has 0 aliphatic heterocycles. The van der Waals surface area contributed by atoms with Gasteiger partial charge < -0.3 is 10.7 Å². The Bertz CT molecular complexity index is 494. The zero-order valence-corrected chi connectivity index (χ0v) is 13.4. The molecule has 1 fully saturated rings. The Hall–Kier alpha value is -1.14. The van der Waals surface area contributed by atoms with Gasteiger partial charge in [0.1, 0.15) is 0 Å². The molecule has 5 nitrogen and oxygen atoms in total. The van der Waals surface area contributed by atoms with Crippen molar-refractivity contribution in [3.05, 3.63) is 22.3 Å². The number of carbonyl (C=O) groups excluding carboxylic acids is 1. The maximum absolute atomic E-state index is 12.4. The van der Waals surface area contributed by atoms with Crippen molar-refractivity contribution in [3.8, 4) is 0 Å². The van der Waals surface area contributed by atoms with Crippen LogP contribution in [0, 0.1) is 11.8 Å². The van der Waals surface area contributed by atoms with Gasteiger partial charge in [0.05, 0.1) is 5.56 Å². The maximum Gasteiger partial charge on any atom is 0.255 e. The van der Waals surface area contributed by atoms with Gasteiger partial charge in [0.2, 0.25) is 0 Å². The molecule has 1 aliphatic carbocycles. The molecule has 1 amide bonds. The molecule has 1 aromatic rings. The third kappa shape index (κ3) is 3.30. The third-order valence-electron chi connectivity index (χ3n) is 4.26. The van der Waals surface area contributed by atoms with E-state index in [2.05, 4.69) is 45.5 Å². The molecule has 6 heteroatoms. The maximum atomic E-state index is 12.4. The number of halogens is 1. The fraction of sp³-hybridized carbons (Fsp3) is 0.571. The molecule has 1 heterocycles. The minimum Gasteiger partial charge on any atom is -0.349 e. The molecule has 2 rings (SSSR count). The number of amides is 1. The topological polar surface area (TPSA) is 80.0 Å². The summed E-state index contributed by atoms with van der Waals surface area (Å²) in [5.41, 5.74) is 2.93. The molecule has 3 unspecified atom stereocenters. The molecule has 20 heavy (non-hydrogen) atoms. The molecule has 0 saturated heterocycles. The molecule has 4 N–H and O–H groups in total. The molecule has 0 spiro atoms. The van der Waals surface area contributed by atoms with E-state index in [0.717, 1.165) is 17.3 Å². The number of pyridine rings is 1. The number of hydrogen-bond donors (Lipinski definition) is 3.